The fourth-order valence-electron chi connectivity index (χ4n) is 9.18. The second-order valence-electron chi connectivity index (χ2n) is 14.1. The Morgan fingerprint density at radius 1 is 0.358 bits per heavy atom. The Hall–Kier alpha value is -6.98. The summed E-state index contributed by atoms with van der Waals surface area (Å²) in [6.07, 6.45) is 0. The first-order valence-electron chi connectivity index (χ1n) is 18.2. The topological polar surface area (TPSA) is 22.3 Å². The second-order valence-corrected chi connectivity index (χ2v) is 14.1. The van der Waals surface area contributed by atoms with Gasteiger partial charge in [0.2, 0.25) is 0 Å². The number of hydrogen-bond donors (Lipinski definition) is 0. The highest BCUT2D eigenvalue weighted by Crippen LogP contribution is 2.44. The van der Waals surface area contributed by atoms with E-state index in [0.29, 0.717) is 0 Å². The zero-order valence-electron chi connectivity index (χ0n) is 28.6. The van der Waals surface area contributed by atoms with Gasteiger partial charge in [0.15, 0.2) is 0 Å². The molecule has 0 spiro atoms. The van der Waals surface area contributed by atoms with Crippen molar-refractivity contribution in [1.29, 1.82) is 0 Å². The number of para-hydroxylation sites is 6. The average Bonchev–Trinajstić information content (AvgIpc) is 3.72. The molecule has 5 heteroatoms. The van der Waals surface area contributed by atoms with E-state index in [0.717, 1.165) is 45.3 Å². The van der Waals surface area contributed by atoms with Crippen molar-refractivity contribution in [2.45, 2.75) is 0 Å². The minimum absolute atomic E-state index is 0.0505. The van der Waals surface area contributed by atoms with Crippen LogP contribution in [-0.2, 0) is 0 Å². The van der Waals surface area contributed by atoms with E-state index in [1.165, 1.54) is 54.7 Å². The maximum Gasteiger partial charge on any atom is 0.256 e. The van der Waals surface area contributed by atoms with Gasteiger partial charge in [0.25, 0.3) is 6.71 Å². The minimum atomic E-state index is 0.0505. The molecule has 12 rings (SSSR count). The van der Waals surface area contributed by atoms with Crippen LogP contribution in [0.4, 0.5) is 17.1 Å². The highest BCUT2D eigenvalue weighted by Gasteiger charge is 2.42. The molecule has 0 saturated heterocycles. The maximum atomic E-state index is 6.93. The molecule has 4 heterocycles. The van der Waals surface area contributed by atoms with Gasteiger partial charge in [-0.3, -0.25) is 0 Å². The van der Waals surface area contributed by atoms with Crippen molar-refractivity contribution in [1.82, 2.24) is 9.13 Å². The van der Waals surface area contributed by atoms with E-state index >= 15 is 0 Å². The summed E-state index contributed by atoms with van der Waals surface area (Å²) >= 11 is 0. The van der Waals surface area contributed by atoms with Crippen LogP contribution in [0, 0.1) is 0 Å². The number of rotatable bonds is 3. The molecule has 8 aromatic carbocycles. The van der Waals surface area contributed by atoms with Crippen molar-refractivity contribution < 1.29 is 4.74 Å². The highest BCUT2D eigenvalue weighted by atomic mass is 16.5. The first-order chi connectivity index (χ1) is 26.3. The number of benzene rings is 8. The molecule has 4 nitrogen and oxygen atoms in total. The van der Waals surface area contributed by atoms with Gasteiger partial charge in [0, 0.05) is 50.4 Å². The van der Waals surface area contributed by atoms with Gasteiger partial charge >= 0.3 is 0 Å². The van der Waals surface area contributed by atoms with Crippen molar-refractivity contribution in [2.24, 2.45) is 0 Å². The molecule has 246 valence electrons. The molecular weight excluding hydrogens is 645 g/mol. The predicted octanol–water partition coefficient (Wildman–Crippen LogP) is 10.3. The van der Waals surface area contributed by atoms with Crippen LogP contribution in [0.25, 0.3) is 55.0 Å². The van der Waals surface area contributed by atoms with Gasteiger partial charge in [-0.1, -0.05) is 109 Å². The lowest BCUT2D eigenvalue weighted by molar-refractivity contribution is 0.487. The number of nitrogens with zero attached hydrogens (tertiary/aromatic N) is 3. The molecule has 2 aromatic heterocycles. The predicted molar refractivity (Wildman–Crippen MR) is 221 cm³/mol. The largest absolute Gasteiger partial charge is 0.458 e. The van der Waals surface area contributed by atoms with Crippen molar-refractivity contribution in [2.75, 3.05) is 4.90 Å². The minimum Gasteiger partial charge on any atom is -0.458 e. The third-order valence-corrected chi connectivity index (χ3v) is 11.3. The average molecular weight is 676 g/mol. The SMILES string of the molecule is c1ccc(N2c3ccccc3B3c4ccccc4Oc4cc(-n5c6ccccc6c6cc7c8ccccc8n(-c8ccccc8)c7cc65)cc2c43)cc1. The van der Waals surface area contributed by atoms with E-state index in [9.17, 15) is 0 Å². The molecule has 0 N–H and O–H groups in total. The van der Waals surface area contributed by atoms with Gasteiger partial charge in [0.05, 0.1) is 27.8 Å². The van der Waals surface area contributed by atoms with E-state index in [1.807, 2.05) is 0 Å². The standard InChI is InChI=1S/C48H30BN3O/c1-3-15-31(16-4-1)50-40-23-11-7-19-34(40)36-29-37-35-20-8-12-24-41(35)52(44(37)30-43(36)50)33-27-45-48-47(28-33)53-46-26-14-10-22-39(46)49(48)38-21-9-13-25-42(38)51(45)32-17-5-2-6-18-32/h1-30H. The summed E-state index contributed by atoms with van der Waals surface area (Å²) in [4.78, 5) is 2.42. The molecule has 2 aliphatic heterocycles. The molecule has 0 atom stereocenters. The van der Waals surface area contributed by atoms with Crippen LogP contribution in [0.15, 0.2) is 182 Å². The first-order valence-corrected chi connectivity index (χ1v) is 18.2. The van der Waals surface area contributed by atoms with Crippen molar-refractivity contribution in [3.05, 3.63) is 182 Å². The number of anilines is 3. The van der Waals surface area contributed by atoms with Gasteiger partial charge in [-0.25, -0.2) is 0 Å². The third-order valence-electron chi connectivity index (χ3n) is 11.3. The molecule has 0 unspecified atom stereocenters. The van der Waals surface area contributed by atoms with Crippen LogP contribution < -0.4 is 26.0 Å². The molecule has 2 aliphatic rings. The lowest BCUT2D eigenvalue weighted by atomic mass is 9.34. The second kappa shape index (κ2) is 10.8. The summed E-state index contributed by atoms with van der Waals surface area (Å²) in [5, 5.41) is 4.94. The summed E-state index contributed by atoms with van der Waals surface area (Å²) in [5.74, 6) is 1.80. The van der Waals surface area contributed by atoms with Crippen molar-refractivity contribution >= 4 is 83.8 Å². The molecule has 0 aliphatic carbocycles. The Morgan fingerprint density at radius 3 is 1.64 bits per heavy atom. The van der Waals surface area contributed by atoms with Gasteiger partial charge in [-0.05, 0) is 83.1 Å². The summed E-state index contributed by atoms with van der Waals surface area (Å²) in [6.45, 7) is 0.0505. The lowest BCUT2D eigenvalue weighted by Crippen LogP contribution is -2.59. The van der Waals surface area contributed by atoms with Gasteiger partial charge < -0.3 is 18.8 Å². The molecule has 10 aromatic rings. The Kier molecular flexibility index (Phi) is 5.83. The van der Waals surface area contributed by atoms with E-state index in [4.69, 9.17) is 4.74 Å². The maximum absolute atomic E-state index is 6.93. The van der Waals surface area contributed by atoms with E-state index in [-0.39, 0.29) is 6.71 Å². The van der Waals surface area contributed by atoms with Crippen LogP contribution in [0.1, 0.15) is 0 Å². The number of aromatic nitrogens is 2. The zero-order chi connectivity index (χ0) is 34.6. The fourth-order valence-corrected chi connectivity index (χ4v) is 9.18. The zero-order valence-corrected chi connectivity index (χ0v) is 28.6. The first kappa shape index (κ1) is 28.7. The molecule has 0 radical (unpaired) electrons. The molecule has 53 heavy (non-hydrogen) atoms. The number of ether oxygens (including phenoxy) is 1. The number of fused-ring (bicyclic) bond motifs is 10. The molecule has 0 amide bonds. The lowest BCUT2D eigenvalue weighted by Gasteiger charge is -2.40. The van der Waals surface area contributed by atoms with Crippen molar-refractivity contribution in [3.8, 4) is 22.9 Å². The molecular formula is C48H30BN3O. The van der Waals surface area contributed by atoms with Crippen LogP contribution in [0.5, 0.6) is 11.5 Å². The summed E-state index contributed by atoms with van der Waals surface area (Å²) in [7, 11) is 0. The monoisotopic (exact) mass is 675 g/mol. The molecule has 0 bridgehead atoms. The smallest absolute Gasteiger partial charge is 0.256 e. The quantitative estimate of drug-likeness (QED) is 0.174. The Morgan fingerprint density at radius 2 is 0.925 bits per heavy atom. The Labute approximate surface area is 306 Å². The molecule has 0 saturated carbocycles. The fraction of sp³-hybridized carbons (Fsp3) is 0. The summed E-state index contributed by atoms with van der Waals surface area (Å²) in [5.41, 5.74) is 14.0. The van der Waals surface area contributed by atoms with Crippen molar-refractivity contribution in [3.63, 3.8) is 0 Å². The van der Waals surface area contributed by atoms with Crippen LogP contribution in [-0.4, -0.2) is 15.8 Å². The van der Waals surface area contributed by atoms with E-state index < -0.39 is 0 Å². The summed E-state index contributed by atoms with van der Waals surface area (Å²) < 4.78 is 11.8. The third kappa shape index (κ3) is 3.96. The summed E-state index contributed by atoms with van der Waals surface area (Å²) in [6, 6.07) is 65.8. The van der Waals surface area contributed by atoms with Crippen LogP contribution in [0.2, 0.25) is 0 Å². The Balaban J connectivity index is 1.20. The highest BCUT2D eigenvalue weighted by molar-refractivity contribution is 6.99. The van der Waals surface area contributed by atoms with E-state index in [2.05, 4.69) is 196 Å². The van der Waals surface area contributed by atoms with Gasteiger partial charge in [0.1, 0.15) is 11.5 Å². The normalized spacial score (nSPS) is 13.0. The Bertz CT molecular complexity index is 3110. The van der Waals surface area contributed by atoms with E-state index in [1.54, 1.807) is 0 Å². The van der Waals surface area contributed by atoms with Crippen LogP contribution in [0.3, 0.4) is 0 Å². The van der Waals surface area contributed by atoms with Crippen LogP contribution >= 0.6 is 0 Å². The van der Waals surface area contributed by atoms with Gasteiger partial charge in [-0.2, -0.15) is 0 Å². The number of hydrogen-bond acceptors (Lipinski definition) is 2. The molecule has 0 fully saturated rings. The van der Waals surface area contributed by atoms with Gasteiger partial charge in [-0.15, -0.1) is 0 Å².